The van der Waals surface area contributed by atoms with Crippen molar-refractivity contribution in [2.24, 2.45) is 5.92 Å². The van der Waals surface area contributed by atoms with Gasteiger partial charge in [-0.05, 0) is 120 Å². The maximum Gasteiger partial charge on any atom is 0.306 e. The monoisotopic (exact) mass is 2070 g/mol. The molecule has 10 aromatic rings. The number of ether oxygens (including phenoxy) is 6. The number of rotatable bonds is 33. The van der Waals surface area contributed by atoms with E-state index in [0.29, 0.717) is 65.0 Å². The quantitative estimate of drug-likeness (QED) is 0.00962. The van der Waals surface area contributed by atoms with Gasteiger partial charge in [0.15, 0.2) is 11.3 Å². The summed E-state index contributed by atoms with van der Waals surface area (Å²) in [7, 11) is -0.895. The number of nitrogens with two attached hydrogens (primary N) is 3. The van der Waals surface area contributed by atoms with Crippen LogP contribution in [0.25, 0.3) is 33.1 Å². The first-order valence-corrected chi connectivity index (χ1v) is 52.6. The van der Waals surface area contributed by atoms with Gasteiger partial charge in [-0.25, -0.2) is 24.9 Å². The molecule has 50 heteroatoms. The maximum atomic E-state index is 12.9. The number of carbonyl (C=O) groups is 3. The second-order valence-corrected chi connectivity index (χ2v) is 42.6. The Morgan fingerprint density at radius 2 is 0.903 bits per heavy atom. The molecule has 9 aromatic heterocycles. The molecule has 0 radical (unpaired) electrons. The van der Waals surface area contributed by atoms with Gasteiger partial charge >= 0.3 is 17.9 Å². The van der Waals surface area contributed by atoms with Crippen molar-refractivity contribution in [2.75, 3.05) is 145 Å². The Kier molecular flexibility index (Phi) is 37.0. The molecule has 1 aromatic carbocycles. The van der Waals surface area contributed by atoms with Gasteiger partial charge in [0.05, 0.1) is 109 Å². The van der Waals surface area contributed by atoms with Crippen LogP contribution in [0.5, 0.6) is 0 Å². The minimum atomic E-state index is -4.53. The lowest BCUT2D eigenvalue weighted by molar-refractivity contribution is -0.206. The molecule has 145 heavy (non-hydrogen) atoms. The third-order valence-electron chi connectivity index (χ3n) is 26.6. The summed E-state index contributed by atoms with van der Waals surface area (Å²) in [5, 5.41) is 32.9. The molecule has 16 rings (SSSR count). The summed E-state index contributed by atoms with van der Waals surface area (Å²) in [5.41, 5.74) is 20.1. The van der Waals surface area contributed by atoms with Crippen molar-refractivity contribution in [3.63, 3.8) is 0 Å². The van der Waals surface area contributed by atoms with Gasteiger partial charge in [-0.15, -0.1) is 0 Å². The highest BCUT2D eigenvalue weighted by atomic mass is 31.2. The SMILES string of the molecule is Cc1nccn1P(=O)([O-])OC[C@H]1O[C@@H](n2cc(C#CCCC(=O)OCC3CN(C)C(CC(C)C)CN3C)c3c(N)ncnc32)CC1O.Cc1nccn1P(=O)([O-])OC[C@H]1O[C@@H](n2cc(C#CCCC(=O)OCC3CN(C)C(Cc4ccccc4)CN3C)c3c(=O)[nH]c(N)nc32)CC1O.Cc1nccn1P(=O)([O-])OC[C@H]1O[C@@H](n2cc(C#CCCC(=O)OCCCC3CN(C)CCCN3C)c3c(=O)[nH]c(N)nc32)CC1O. The molecule has 0 amide bonds. The topological polar surface area (TPSA) is 598 Å². The fourth-order valence-corrected chi connectivity index (χ4v) is 21.8. The summed E-state index contributed by atoms with van der Waals surface area (Å²) in [6.45, 7) is 15.3. The van der Waals surface area contributed by atoms with Crippen LogP contribution in [-0.4, -0.2) is 329 Å². The van der Waals surface area contributed by atoms with Gasteiger partial charge in [-0.3, -0.25) is 70.4 Å². The molecule has 0 aliphatic carbocycles. The summed E-state index contributed by atoms with van der Waals surface area (Å²) in [6, 6.07) is 11.9. The number of carbonyl (C=O) groups excluding carboxylic acids is 3. The number of aromatic nitrogens is 15. The average molecular weight is 2070 g/mol. The molecular weight excluding hydrogens is 1940 g/mol. The smallest absolute Gasteiger partial charge is 0.306 e. The lowest BCUT2D eigenvalue weighted by Gasteiger charge is -2.43. The van der Waals surface area contributed by atoms with Gasteiger partial charge in [-0.1, -0.05) is 79.7 Å². The minimum absolute atomic E-state index is 0.0534. The molecular formula is C95H128N24O23P3-3. The number of H-pyrrole nitrogens is 2. The van der Waals surface area contributed by atoms with Crippen LogP contribution in [0.4, 0.5) is 17.7 Å². The van der Waals surface area contributed by atoms with E-state index in [9.17, 15) is 67.7 Å². The van der Waals surface area contributed by atoms with E-state index in [4.69, 9.17) is 59.2 Å². The predicted octanol–water partition coefficient (Wildman–Crippen LogP) is 3.15. The van der Waals surface area contributed by atoms with E-state index in [-0.39, 0.29) is 158 Å². The molecule has 0 spiro atoms. The summed E-state index contributed by atoms with van der Waals surface area (Å²) in [5.74, 6) is 18.2. The zero-order valence-corrected chi connectivity index (χ0v) is 85.7. The third-order valence-corrected chi connectivity index (χ3v) is 30.9. The second-order valence-electron chi connectivity index (χ2n) is 37.7. The number of aromatic amines is 2. The van der Waals surface area contributed by atoms with Crippen LogP contribution in [0.1, 0.15) is 156 Å². The number of aliphatic hydroxyl groups is 3. The Morgan fingerprint density at radius 1 is 0.503 bits per heavy atom. The minimum Gasteiger partial charge on any atom is -0.761 e. The predicted molar refractivity (Wildman–Crippen MR) is 527 cm³/mol. The number of nitrogen functional groups attached to an aromatic ring is 3. The van der Waals surface area contributed by atoms with Gasteiger partial charge in [0, 0.05) is 145 Å². The lowest BCUT2D eigenvalue weighted by atomic mass is 9.99. The highest BCUT2D eigenvalue weighted by Crippen LogP contribution is 2.46. The molecule has 15 heterocycles. The number of esters is 3. The van der Waals surface area contributed by atoms with Crippen LogP contribution < -0.4 is 43.0 Å². The number of nitrogens with zero attached hydrogens (tertiary/aromatic N) is 19. The average Bonchev–Trinajstić information content (AvgIpc) is 1.62. The molecule has 11 N–H and O–H groups in total. The number of aliphatic hydroxyl groups excluding tert-OH is 3. The molecule has 6 saturated heterocycles. The zero-order valence-electron chi connectivity index (χ0n) is 83.0. The summed E-state index contributed by atoms with van der Waals surface area (Å²) >= 11 is 0. The van der Waals surface area contributed by atoms with E-state index in [1.807, 2.05) is 6.07 Å². The normalized spacial score (nSPS) is 24.2. The Morgan fingerprint density at radius 3 is 1.33 bits per heavy atom. The Labute approximate surface area is 838 Å². The number of fused-ring (bicyclic) bond motifs is 3. The van der Waals surface area contributed by atoms with Crippen LogP contribution in [0.3, 0.4) is 0 Å². The van der Waals surface area contributed by atoms with Gasteiger partial charge in [0.2, 0.25) is 35.1 Å². The molecule has 0 saturated carbocycles. The molecule has 784 valence electrons. The van der Waals surface area contributed by atoms with E-state index in [2.05, 4.69) is 190 Å². The van der Waals surface area contributed by atoms with Crippen molar-refractivity contribution in [1.82, 2.24) is 101 Å². The fraction of sp³-hybridized carbons (Fsp3) is 0.558. The molecule has 11 unspecified atom stereocenters. The first kappa shape index (κ1) is 109. The first-order chi connectivity index (χ1) is 69.1. The lowest BCUT2D eigenvalue weighted by Crippen LogP contribution is -2.57. The molecule has 0 bridgehead atoms. The van der Waals surface area contributed by atoms with Crippen LogP contribution in [0.2, 0.25) is 0 Å². The maximum absolute atomic E-state index is 12.9. The number of nitrogens with one attached hydrogen (secondary N) is 2. The van der Waals surface area contributed by atoms with Crippen LogP contribution in [0, 0.1) is 62.2 Å². The second kappa shape index (κ2) is 49.1. The van der Waals surface area contributed by atoms with Gasteiger partial charge in [-0.2, -0.15) is 9.97 Å². The number of hydrogen-bond acceptors (Lipinski definition) is 39. The number of benzene rings is 1. The fourth-order valence-electron chi connectivity index (χ4n) is 18.6. The Hall–Kier alpha value is -11.2. The highest BCUT2D eigenvalue weighted by Gasteiger charge is 2.42. The summed E-state index contributed by atoms with van der Waals surface area (Å²) < 4.78 is 95.4. The van der Waals surface area contributed by atoms with Crippen LogP contribution in [-0.2, 0) is 76.5 Å². The van der Waals surface area contributed by atoms with Crippen molar-refractivity contribution in [3.05, 3.63) is 153 Å². The molecule has 17 atom stereocenters. The van der Waals surface area contributed by atoms with Gasteiger partial charge < -0.3 is 122 Å². The number of hydrogen-bond donors (Lipinski definition) is 8. The van der Waals surface area contributed by atoms with Crippen LogP contribution in [0.15, 0.2) is 102 Å². The van der Waals surface area contributed by atoms with Gasteiger partial charge in [0.1, 0.15) is 85.5 Å². The van der Waals surface area contributed by atoms with Crippen molar-refractivity contribution in [1.29, 1.82) is 0 Å². The summed E-state index contributed by atoms with van der Waals surface area (Å²) in [6.07, 6.45) is 11.8. The van der Waals surface area contributed by atoms with Gasteiger partial charge in [0.25, 0.3) is 11.1 Å². The van der Waals surface area contributed by atoms with Crippen LogP contribution >= 0.6 is 23.2 Å². The third kappa shape index (κ3) is 28.0. The van der Waals surface area contributed by atoms with Crippen molar-refractivity contribution >= 4 is 92.0 Å². The first-order valence-electron chi connectivity index (χ1n) is 48.1. The largest absolute Gasteiger partial charge is 0.761 e. The van der Waals surface area contributed by atoms with E-state index in [1.54, 1.807) is 30.1 Å². The summed E-state index contributed by atoms with van der Waals surface area (Å²) in [4.78, 5) is 149. The number of piperazine rings is 2. The number of likely N-dealkylation sites (N-methyl/N-ethyl adjacent to an activating group) is 6. The number of imidazole rings is 3. The molecule has 47 nitrogen and oxygen atoms in total. The Balaban J connectivity index is 0.000000172. The molecule has 6 fully saturated rings. The number of anilines is 3. The van der Waals surface area contributed by atoms with E-state index in [1.165, 1.54) is 72.1 Å². The number of aryl methyl sites for hydroxylation is 3. The standard InChI is InChI=1S/C34H43N8O8P.C31H45N8O7P.C30H43N8O8P/c1-22-36-13-14-42(22)51(46,47)49-21-28-27(43)16-29(50-28)41-17-24(31-32(41)37-34(35)38-33(31)45)11-7-8-12-30(44)48-20-26-19-39(2)25(18-40(26)3)15-23-9-5-4-6-10-23;1-20(2)12-23-15-37(5)24(16-36(23)4)17-44-28(41)9-7-6-8-22-14-38(31-29(22)30(32)34-19-35-31)27-13-25(40)26(46-27)18-45-47(42,43)39-11-10-33-21(39)3;1-20-32-11-14-38(20)47(42,43)45-19-24-23(39)16-25(46-24)37-17-21(27-28(37)33-30(31)34-29(27)41)8-4-5-10-26(40)44-15-6-9-22-18-35(2)12-7-13-36(22)3/h4-6,9-10,13-14,17,25-29,43H,8,12,15-16,18-21H2,1-3H3,(H,46,47)(H3,35,37,38,45);10-11,14,19-20,23-27,40H,7,9,12-13,15-18H2,1-5H3,(H,42,43)(H2,32,34,35);11,14,17,22-25,39H,5-7,9-10,12-13,15-16,18-19H2,1-3H3,(H,42,43)(H3,31,33,34,41)/p-3/t25?,26?,27?,28-,29-;23?,24?,25?,26-,27-;22?,23?,24-,25-/m111/s1. The molecule has 6 aliphatic rings. The van der Waals surface area contributed by atoms with E-state index >= 15 is 0 Å². The molecule has 6 aliphatic heterocycles. The Bertz CT molecular complexity index is 6650. The zero-order chi connectivity index (χ0) is 104. The van der Waals surface area contributed by atoms with Crippen molar-refractivity contribution < 1.29 is 100 Å². The van der Waals surface area contributed by atoms with E-state index in [0.717, 1.165) is 90.9 Å². The van der Waals surface area contributed by atoms with Crippen molar-refractivity contribution in [2.45, 2.75) is 210 Å². The van der Waals surface area contributed by atoms with Crippen molar-refractivity contribution in [3.8, 4) is 35.5 Å². The highest BCUT2D eigenvalue weighted by molar-refractivity contribution is 7.50. The van der Waals surface area contributed by atoms with E-state index < -0.39 is 103 Å².